The van der Waals surface area contributed by atoms with Crippen LogP contribution in [0.2, 0.25) is 0 Å². The van der Waals surface area contributed by atoms with Gasteiger partial charge in [-0.3, -0.25) is 0 Å². The molecule has 0 saturated heterocycles. The number of aromatic nitrogens is 2. The fourth-order valence-corrected chi connectivity index (χ4v) is 5.91. The average Bonchev–Trinajstić information content (AvgIpc) is 3.13. The smallest absolute Gasteiger partial charge is 0.380 e. The van der Waals surface area contributed by atoms with Crippen LogP contribution in [0, 0.1) is 5.82 Å². The molecule has 35 heavy (non-hydrogen) atoms. The second kappa shape index (κ2) is 9.40. The molecule has 0 amide bonds. The van der Waals surface area contributed by atoms with Gasteiger partial charge in [-0.25, -0.2) is 17.8 Å². The third kappa shape index (κ3) is 5.51. The number of H-pyrrole nitrogens is 1. The van der Waals surface area contributed by atoms with Crippen molar-refractivity contribution in [1.82, 2.24) is 9.97 Å². The van der Waals surface area contributed by atoms with E-state index in [0.717, 1.165) is 0 Å². The molecule has 1 atom stereocenters. The molecule has 0 radical (unpaired) electrons. The Hall–Kier alpha value is -2.11. The number of halogens is 4. The van der Waals surface area contributed by atoms with Crippen LogP contribution in [0.1, 0.15) is 45.4 Å². The molecule has 2 heterocycles. The van der Waals surface area contributed by atoms with E-state index in [1.807, 2.05) is 0 Å². The van der Waals surface area contributed by atoms with Gasteiger partial charge in [-0.05, 0) is 67.8 Å². The average molecular weight is 533 g/mol. The molecule has 0 bridgehead atoms. The SMILES string of the molecule is CSc1ccc(F)cc1C(C)(C)CC(O)(Cc1cc2cc(S(=O)(=O)C(C)C)ncc2[nH]1)C(F)(F)F. The molecular formula is C24H28F4N2O3S2. The highest BCUT2D eigenvalue weighted by molar-refractivity contribution is 7.98. The number of thioether (sulfide) groups is 1. The van der Waals surface area contributed by atoms with Gasteiger partial charge in [0.15, 0.2) is 20.5 Å². The summed E-state index contributed by atoms with van der Waals surface area (Å²) in [6.07, 6.45) is -3.51. The zero-order valence-corrected chi connectivity index (χ0v) is 21.6. The van der Waals surface area contributed by atoms with Gasteiger partial charge in [0.05, 0.1) is 17.0 Å². The van der Waals surface area contributed by atoms with Gasteiger partial charge in [0, 0.05) is 22.4 Å². The Morgan fingerprint density at radius 2 is 1.80 bits per heavy atom. The van der Waals surface area contributed by atoms with Gasteiger partial charge in [0.2, 0.25) is 0 Å². The van der Waals surface area contributed by atoms with Crippen molar-refractivity contribution >= 4 is 32.5 Å². The lowest BCUT2D eigenvalue weighted by Gasteiger charge is -2.38. The zero-order valence-electron chi connectivity index (χ0n) is 20.0. The molecule has 11 heteroatoms. The molecule has 1 aromatic carbocycles. The van der Waals surface area contributed by atoms with Gasteiger partial charge >= 0.3 is 6.18 Å². The van der Waals surface area contributed by atoms with E-state index < -0.39 is 50.9 Å². The minimum absolute atomic E-state index is 0.0702. The third-order valence-corrected chi connectivity index (χ3v) is 8.93. The van der Waals surface area contributed by atoms with Crippen molar-refractivity contribution in [1.29, 1.82) is 0 Å². The largest absolute Gasteiger partial charge is 0.417 e. The molecule has 0 aliphatic rings. The van der Waals surface area contributed by atoms with Crippen LogP contribution >= 0.6 is 11.8 Å². The monoisotopic (exact) mass is 532 g/mol. The molecular weight excluding hydrogens is 504 g/mol. The fourth-order valence-electron chi connectivity index (χ4n) is 4.18. The van der Waals surface area contributed by atoms with Crippen LogP contribution in [-0.2, 0) is 21.7 Å². The minimum atomic E-state index is -4.99. The lowest BCUT2D eigenvalue weighted by molar-refractivity contribution is -0.266. The van der Waals surface area contributed by atoms with Crippen molar-refractivity contribution in [3.05, 3.63) is 53.6 Å². The molecule has 0 saturated carbocycles. The Morgan fingerprint density at radius 3 is 2.37 bits per heavy atom. The number of sulfone groups is 1. The predicted molar refractivity (Wildman–Crippen MR) is 129 cm³/mol. The second-order valence-corrected chi connectivity index (χ2v) is 12.9. The number of benzene rings is 1. The molecule has 2 aromatic heterocycles. The van der Waals surface area contributed by atoms with Crippen LogP contribution < -0.4 is 0 Å². The van der Waals surface area contributed by atoms with Crippen LogP contribution in [0.3, 0.4) is 0 Å². The molecule has 192 valence electrons. The van der Waals surface area contributed by atoms with Crippen molar-refractivity contribution < 1.29 is 31.1 Å². The van der Waals surface area contributed by atoms with Crippen molar-refractivity contribution in [3.8, 4) is 0 Å². The zero-order chi connectivity index (χ0) is 26.4. The topological polar surface area (TPSA) is 83.0 Å². The molecule has 0 spiro atoms. The number of aliphatic hydroxyl groups is 1. The highest BCUT2D eigenvalue weighted by atomic mass is 32.2. The summed E-state index contributed by atoms with van der Waals surface area (Å²) in [5.41, 5.74) is -3.57. The number of aromatic amines is 1. The molecule has 0 aliphatic heterocycles. The van der Waals surface area contributed by atoms with Gasteiger partial charge in [0.1, 0.15) is 5.82 Å². The lowest BCUT2D eigenvalue weighted by Crippen LogP contribution is -2.51. The fraction of sp³-hybridized carbons (Fsp3) is 0.458. The molecule has 3 rings (SSSR count). The van der Waals surface area contributed by atoms with E-state index in [2.05, 4.69) is 9.97 Å². The predicted octanol–water partition coefficient (Wildman–Crippen LogP) is 5.81. The van der Waals surface area contributed by atoms with Gasteiger partial charge in [-0.1, -0.05) is 13.8 Å². The third-order valence-electron chi connectivity index (χ3n) is 6.08. The Morgan fingerprint density at radius 1 is 1.14 bits per heavy atom. The molecule has 5 nitrogen and oxygen atoms in total. The summed E-state index contributed by atoms with van der Waals surface area (Å²) in [6, 6.07) is 6.65. The summed E-state index contributed by atoms with van der Waals surface area (Å²) >= 11 is 1.28. The summed E-state index contributed by atoms with van der Waals surface area (Å²) in [7, 11) is -3.67. The number of rotatable bonds is 8. The molecule has 0 fully saturated rings. The lowest BCUT2D eigenvalue weighted by atomic mass is 9.73. The van der Waals surface area contributed by atoms with Gasteiger partial charge < -0.3 is 10.1 Å². The number of nitrogens with one attached hydrogen (secondary N) is 1. The van der Waals surface area contributed by atoms with E-state index in [4.69, 9.17) is 0 Å². The number of hydrogen-bond acceptors (Lipinski definition) is 5. The molecule has 2 N–H and O–H groups in total. The standard InChI is InChI=1S/C24H28F4N2O3S2/c1-14(2)35(32,33)21-9-15-8-17(30-19(15)12-29-21)11-23(31,24(26,27)28)13-22(3,4)18-10-16(25)6-7-20(18)34-5/h6-10,12,14,30-31H,11,13H2,1-5H3. The van der Waals surface area contributed by atoms with E-state index in [1.54, 1.807) is 6.26 Å². The van der Waals surface area contributed by atoms with Crippen LogP contribution in [0.4, 0.5) is 17.6 Å². The highest BCUT2D eigenvalue weighted by Crippen LogP contribution is 2.45. The molecule has 1 unspecified atom stereocenters. The van der Waals surface area contributed by atoms with Crippen LogP contribution in [0.25, 0.3) is 10.9 Å². The van der Waals surface area contributed by atoms with Crippen molar-refractivity contribution in [3.63, 3.8) is 0 Å². The maximum atomic E-state index is 14.2. The first-order valence-corrected chi connectivity index (χ1v) is 13.6. The summed E-state index contributed by atoms with van der Waals surface area (Å²) in [4.78, 5) is 7.37. The first-order valence-electron chi connectivity index (χ1n) is 10.8. The summed E-state index contributed by atoms with van der Waals surface area (Å²) in [5, 5.41) is 10.4. The Bertz CT molecular complexity index is 1330. The number of nitrogens with zero attached hydrogens (tertiary/aromatic N) is 1. The number of hydrogen-bond donors (Lipinski definition) is 2. The summed E-state index contributed by atoms with van der Waals surface area (Å²) in [5.74, 6) is -0.573. The number of alkyl halides is 3. The Kier molecular flexibility index (Phi) is 7.38. The van der Waals surface area contributed by atoms with Crippen LogP contribution in [0.5, 0.6) is 0 Å². The van der Waals surface area contributed by atoms with Gasteiger partial charge in [-0.15, -0.1) is 11.8 Å². The van der Waals surface area contributed by atoms with Crippen molar-refractivity contribution in [2.45, 2.75) is 72.9 Å². The normalized spacial score (nSPS) is 15.1. The first-order chi connectivity index (χ1) is 16.0. The molecule has 3 aromatic rings. The van der Waals surface area contributed by atoms with E-state index >= 15 is 0 Å². The quantitative estimate of drug-likeness (QED) is 0.283. The molecule has 0 aliphatic carbocycles. The summed E-state index contributed by atoms with van der Waals surface area (Å²) < 4.78 is 81.5. The minimum Gasteiger partial charge on any atom is -0.380 e. The highest BCUT2D eigenvalue weighted by Gasteiger charge is 2.56. The van der Waals surface area contributed by atoms with Crippen LogP contribution in [0.15, 0.2) is 46.5 Å². The maximum Gasteiger partial charge on any atom is 0.417 e. The van der Waals surface area contributed by atoms with E-state index in [0.29, 0.717) is 21.4 Å². The van der Waals surface area contributed by atoms with E-state index in [1.165, 1.54) is 76.0 Å². The summed E-state index contributed by atoms with van der Waals surface area (Å²) in [6.45, 7) is 6.10. The maximum absolute atomic E-state index is 14.2. The Labute approximate surface area is 206 Å². The Balaban J connectivity index is 2.01. The second-order valence-electron chi connectivity index (χ2n) is 9.61. The van der Waals surface area contributed by atoms with Crippen molar-refractivity contribution in [2.24, 2.45) is 0 Å². The van der Waals surface area contributed by atoms with Gasteiger partial charge in [0.25, 0.3) is 0 Å². The van der Waals surface area contributed by atoms with Crippen LogP contribution in [-0.4, -0.2) is 46.8 Å². The van der Waals surface area contributed by atoms with E-state index in [9.17, 15) is 31.1 Å². The first kappa shape index (κ1) is 27.5. The number of fused-ring (bicyclic) bond motifs is 1. The van der Waals surface area contributed by atoms with Gasteiger partial charge in [-0.2, -0.15) is 13.2 Å². The van der Waals surface area contributed by atoms with Crippen molar-refractivity contribution in [2.75, 3.05) is 6.26 Å². The van der Waals surface area contributed by atoms with E-state index in [-0.39, 0.29) is 10.7 Å². The number of pyridine rings is 1.